The lowest BCUT2D eigenvalue weighted by atomic mass is 10.1. The Morgan fingerprint density at radius 3 is 2.72 bits per heavy atom. The van der Waals surface area contributed by atoms with E-state index in [2.05, 4.69) is 10.3 Å². The summed E-state index contributed by atoms with van der Waals surface area (Å²) in [5.41, 5.74) is 2.72. The number of benzene rings is 1. The lowest BCUT2D eigenvalue weighted by Gasteiger charge is -2.16. The lowest BCUT2D eigenvalue weighted by Crippen LogP contribution is -2.07. The third kappa shape index (κ3) is 2.99. The lowest BCUT2D eigenvalue weighted by molar-refractivity contribution is 0.616. The maximum atomic E-state index is 13.1. The van der Waals surface area contributed by atoms with Crippen LogP contribution in [0.4, 0.5) is 10.1 Å². The Morgan fingerprint density at radius 1 is 1.28 bits per heavy atom. The highest BCUT2D eigenvalue weighted by Gasteiger charge is 2.08. The topological polar surface area (TPSA) is 24.9 Å². The fourth-order valence-corrected chi connectivity index (χ4v) is 2.01. The van der Waals surface area contributed by atoms with Crippen molar-refractivity contribution in [3.63, 3.8) is 0 Å². The predicted molar refractivity (Wildman–Crippen MR) is 72.4 cm³/mol. The van der Waals surface area contributed by atoms with E-state index in [4.69, 9.17) is 11.6 Å². The third-order valence-corrected chi connectivity index (χ3v) is 3.04. The van der Waals surface area contributed by atoms with Crippen molar-refractivity contribution < 1.29 is 4.39 Å². The summed E-state index contributed by atoms with van der Waals surface area (Å²) in [5.74, 6) is -0.337. The van der Waals surface area contributed by atoms with Gasteiger partial charge >= 0.3 is 0 Å². The molecule has 1 N–H and O–H groups in total. The molecule has 2 aromatic rings. The van der Waals surface area contributed by atoms with Gasteiger partial charge in [0.25, 0.3) is 0 Å². The number of pyridine rings is 1. The highest BCUT2D eigenvalue weighted by atomic mass is 35.5. The molecule has 0 aliphatic heterocycles. The Bertz CT molecular complexity index is 557. The molecule has 0 aliphatic rings. The van der Waals surface area contributed by atoms with Crippen LogP contribution in [0.25, 0.3) is 0 Å². The minimum atomic E-state index is -0.337. The number of nitrogens with zero attached hydrogens (tertiary/aromatic N) is 1. The van der Waals surface area contributed by atoms with E-state index >= 15 is 0 Å². The van der Waals surface area contributed by atoms with E-state index in [0.29, 0.717) is 5.02 Å². The quantitative estimate of drug-likeness (QED) is 0.891. The van der Waals surface area contributed by atoms with Crippen LogP contribution in [0.5, 0.6) is 0 Å². The van der Waals surface area contributed by atoms with Gasteiger partial charge in [-0.15, -0.1) is 0 Å². The number of hydrogen-bond acceptors (Lipinski definition) is 2. The maximum absolute atomic E-state index is 13.1. The van der Waals surface area contributed by atoms with Gasteiger partial charge in [-0.05, 0) is 43.2 Å². The minimum Gasteiger partial charge on any atom is -0.377 e. The molecule has 0 bridgehead atoms. The van der Waals surface area contributed by atoms with E-state index in [-0.39, 0.29) is 11.9 Å². The van der Waals surface area contributed by atoms with E-state index < -0.39 is 0 Å². The first kappa shape index (κ1) is 12.8. The van der Waals surface area contributed by atoms with Crippen molar-refractivity contribution in [2.24, 2.45) is 0 Å². The van der Waals surface area contributed by atoms with Gasteiger partial charge in [0.2, 0.25) is 0 Å². The monoisotopic (exact) mass is 264 g/mol. The number of anilines is 1. The molecule has 0 saturated carbocycles. The standard InChI is InChI=1S/C14H14ClFN2/c1-9-3-4-14(13(15)5-9)18-10(2)11-6-12(16)8-17-7-11/h3-8,10,18H,1-2H3. The van der Waals surface area contributed by atoms with Crippen molar-refractivity contribution in [2.45, 2.75) is 19.9 Å². The maximum Gasteiger partial charge on any atom is 0.141 e. The van der Waals surface area contributed by atoms with Gasteiger partial charge in [-0.1, -0.05) is 17.7 Å². The molecule has 1 atom stereocenters. The Labute approximate surface area is 111 Å². The zero-order valence-electron chi connectivity index (χ0n) is 10.2. The molecule has 1 aromatic carbocycles. The van der Waals surface area contributed by atoms with Crippen molar-refractivity contribution >= 4 is 17.3 Å². The first-order valence-corrected chi connectivity index (χ1v) is 6.07. The first-order chi connectivity index (χ1) is 8.56. The van der Waals surface area contributed by atoms with Crippen LogP contribution in [0.3, 0.4) is 0 Å². The van der Waals surface area contributed by atoms with Gasteiger partial charge in [-0.3, -0.25) is 4.98 Å². The average Bonchev–Trinajstić information content (AvgIpc) is 2.32. The van der Waals surface area contributed by atoms with Gasteiger partial charge in [-0.2, -0.15) is 0 Å². The van der Waals surface area contributed by atoms with Crippen LogP contribution >= 0.6 is 11.6 Å². The largest absolute Gasteiger partial charge is 0.377 e. The molecular formula is C14H14ClFN2. The molecule has 94 valence electrons. The average molecular weight is 265 g/mol. The molecule has 2 nitrogen and oxygen atoms in total. The van der Waals surface area contributed by atoms with Crippen LogP contribution in [0, 0.1) is 12.7 Å². The molecule has 0 spiro atoms. The smallest absolute Gasteiger partial charge is 0.141 e. The van der Waals surface area contributed by atoms with Gasteiger partial charge in [0.1, 0.15) is 5.82 Å². The van der Waals surface area contributed by atoms with Crippen LogP contribution in [0.1, 0.15) is 24.1 Å². The van der Waals surface area contributed by atoms with Gasteiger partial charge in [0, 0.05) is 6.20 Å². The van der Waals surface area contributed by atoms with E-state index in [1.54, 1.807) is 6.20 Å². The number of halogens is 2. The van der Waals surface area contributed by atoms with Gasteiger partial charge < -0.3 is 5.32 Å². The molecule has 1 heterocycles. The molecule has 4 heteroatoms. The van der Waals surface area contributed by atoms with Gasteiger partial charge in [-0.25, -0.2) is 4.39 Å². The second kappa shape index (κ2) is 5.36. The second-order valence-electron chi connectivity index (χ2n) is 4.29. The van der Waals surface area contributed by atoms with E-state index in [1.807, 2.05) is 32.0 Å². The Morgan fingerprint density at radius 2 is 2.06 bits per heavy atom. The molecule has 1 unspecified atom stereocenters. The summed E-state index contributed by atoms with van der Waals surface area (Å²) in [4.78, 5) is 3.84. The van der Waals surface area contributed by atoms with Crippen LogP contribution in [-0.2, 0) is 0 Å². The second-order valence-corrected chi connectivity index (χ2v) is 4.69. The number of aryl methyl sites for hydroxylation is 1. The van der Waals surface area contributed by atoms with Crippen molar-refractivity contribution in [1.82, 2.24) is 4.98 Å². The summed E-state index contributed by atoms with van der Waals surface area (Å²) in [6.45, 7) is 3.92. The summed E-state index contributed by atoms with van der Waals surface area (Å²) in [6.07, 6.45) is 2.83. The Kier molecular flexibility index (Phi) is 3.82. The molecule has 0 saturated heterocycles. The Balaban J connectivity index is 2.18. The number of rotatable bonds is 3. The normalized spacial score (nSPS) is 12.2. The highest BCUT2D eigenvalue weighted by Crippen LogP contribution is 2.26. The van der Waals surface area contributed by atoms with Crippen molar-refractivity contribution in [2.75, 3.05) is 5.32 Å². The van der Waals surface area contributed by atoms with E-state index in [9.17, 15) is 4.39 Å². The van der Waals surface area contributed by atoms with Gasteiger partial charge in [0.05, 0.1) is 22.9 Å². The van der Waals surface area contributed by atoms with E-state index in [1.165, 1.54) is 12.3 Å². The molecular weight excluding hydrogens is 251 g/mol. The zero-order chi connectivity index (χ0) is 13.1. The fraction of sp³-hybridized carbons (Fsp3) is 0.214. The first-order valence-electron chi connectivity index (χ1n) is 5.69. The number of hydrogen-bond donors (Lipinski definition) is 1. The molecule has 0 radical (unpaired) electrons. The minimum absolute atomic E-state index is 0.0617. The molecule has 18 heavy (non-hydrogen) atoms. The molecule has 1 aromatic heterocycles. The fourth-order valence-electron chi connectivity index (χ4n) is 1.72. The van der Waals surface area contributed by atoms with Crippen molar-refractivity contribution in [1.29, 1.82) is 0 Å². The summed E-state index contributed by atoms with van der Waals surface area (Å²) in [6, 6.07) is 7.19. The number of nitrogens with one attached hydrogen (secondary N) is 1. The number of aromatic nitrogens is 1. The van der Waals surface area contributed by atoms with E-state index in [0.717, 1.165) is 16.8 Å². The summed E-state index contributed by atoms with van der Waals surface area (Å²) in [5, 5.41) is 3.90. The molecule has 0 fully saturated rings. The summed E-state index contributed by atoms with van der Waals surface area (Å²) < 4.78 is 13.1. The highest BCUT2D eigenvalue weighted by molar-refractivity contribution is 6.33. The molecule has 2 rings (SSSR count). The zero-order valence-corrected chi connectivity index (χ0v) is 11.0. The predicted octanol–water partition coefficient (Wildman–Crippen LogP) is 4.36. The summed E-state index contributed by atoms with van der Waals surface area (Å²) in [7, 11) is 0. The third-order valence-electron chi connectivity index (χ3n) is 2.72. The van der Waals surface area contributed by atoms with Crippen molar-refractivity contribution in [3.8, 4) is 0 Å². The summed E-state index contributed by atoms with van der Waals surface area (Å²) >= 11 is 6.14. The van der Waals surface area contributed by atoms with Crippen LogP contribution in [0.2, 0.25) is 5.02 Å². The van der Waals surface area contributed by atoms with Crippen LogP contribution in [-0.4, -0.2) is 4.98 Å². The van der Waals surface area contributed by atoms with Crippen molar-refractivity contribution in [3.05, 3.63) is 58.6 Å². The molecule has 0 aliphatic carbocycles. The molecule has 0 amide bonds. The Hall–Kier alpha value is -1.61. The van der Waals surface area contributed by atoms with Gasteiger partial charge in [0.15, 0.2) is 0 Å². The van der Waals surface area contributed by atoms with Crippen LogP contribution in [0.15, 0.2) is 36.7 Å². The van der Waals surface area contributed by atoms with Crippen LogP contribution < -0.4 is 5.32 Å². The SMILES string of the molecule is Cc1ccc(NC(C)c2cncc(F)c2)c(Cl)c1.